The first-order valence-electron chi connectivity index (χ1n) is 3.45. The normalized spacial score (nSPS) is 12.1. The van der Waals surface area contributed by atoms with Crippen molar-refractivity contribution < 1.29 is 77.5 Å². The summed E-state index contributed by atoms with van der Waals surface area (Å²) < 4.78 is 72.4. The molecule has 0 bridgehead atoms. The van der Waals surface area contributed by atoms with Crippen molar-refractivity contribution in [1.82, 2.24) is 4.98 Å². The maximum atomic E-state index is 12.1. The van der Waals surface area contributed by atoms with Gasteiger partial charge in [0, 0.05) is 6.20 Å². The van der Waals surface area contributed by atoms with Crippen molar-refractivity contribution in [1.29, 1.82) is 0 Å². The molecule has 1 heterocycles. The van der Waals surface area contributed by atoms with Crippen LogP contribution in [-0.2, 0) is 6.18 Å². The number of aromatic nitrogens is 1. The molecule has 0 atom stereocenters. The van der Waals surface area contributed by atoms with Crippen molar-refractivity contribution in [3.05, 3.63) is 24.0 Å². The molecule has 0 saturated heterocycles. The summed E-state index contributed by atoms with van der Waals surface area (Å²) in [7, 11) is 0. The SMILES string of the molecule is F[B-](F)(F)c1cccnc1C(F)(F)F.[K+]. The number of pyridine rings is 1. The molecule has 1 aromatic heterocycles. The summed E-state index contributed by atoms with van der Waals surface area (Å²) in [5, 5.41) is 0. The number of alkyl halides is 3. The summed E-state index contributed by atoms with van der Waals surface area (Å²) in [5.41, 5.74) is -3.59. The van der Waals surface area contributed by atoms with Crippen LogP contribution in [0.15, 0.2) is 18.3 Å². The topological polar surface area (TPSA) is 12.9 Å². The Balaban J connectivity index is 0.00000196. The first-order valence-corrected chi connectivity index (χ1v) is 3.45. The van der Waals surface area contributed by atoms with E-state index in [0.29, 0.717) is 12.3 Å². The zero-order valence-corrected chi connectivity index (χ0v) is 10.6. The number of hydrogen-bond donors (Lipinski definition) is 0. The molecule has 9 heteroatoms. The monoisotopic (exact) mass is 253 g/mol. The smallest absolute Gasteiger partial charge is 0.445 e. The van der Waals surface area contributed by atoms with Crippen molar-refractivity contribution >= 4 is 12.4 Å². The van der Waals surface area contributed by atoms with Crippen molar-refractivity contribution in [2.24, 2.45) is 0 Å². The standard InChI is InChI=1S/C6H3BF6N.K/c8-6(9,10)5-4(7(11,12)13)2-1-3-14-5;/h1-3H;/q-1;+1. The van der Waals surface area contributed by atoms with Gasteiger partial charge in [0.25, 0.3) is 0 Å². The molecule has 0 unspecified atom stereocenters. The summed E-state index contributed by atoms with van der Waals surface area (Å²) in [6.07, 6.45) is -4.40. The third kappa shape index (κ3) is 4.06. The van der Waals surface area contributed by atoms with Gasteiger partial charge in [-0.15, -0.1) is 0 Å². The Morgan fingerprint density at radius 1 is 1.13 bits per heavy atom. The van der Waals surface area contributed by atoms with E-state index in [4.69, 9.17) is 0 Å². The van der Waals surface area contributed by atoms with Gasteiger partial charge in [-0.2, -0.15) is 13.2 Å². The first kappa shape index (κ1) is 15.4. The molecule has 0 spiro atoms. The Morgan fingerprint density at radius 2 is 1.67 bits per heavy atom. The minimum atomic E-state index is -5.68. The van der Waals surface area contributed by atoms with Gasteiger partial charge >= 0.3 is 64.5 Å². The third-order valence-corrected chi connectivity index (χ3v) is 1.46. The zero-order chi connectivity index (χ0) is 11.0. The largest absolute Gasteiger partial charge is 1.00 e. The Kier molecular flexibility index (Phi) is 5.32. The van der Waals surface area contributed by atoms with Crippen LogP contribution < -0.4 is 56.8 Å². The Labute approximate surface area is 124 Å². The van der Waals surface area contributed by atoms with E-state index in [-0.39, 0.29) is 51.4 Å². The molecule has 0 amide bonds. The molecule has 1 aromatic rings. The minimum Gasteiger partial charge on any atom is -0.445 e. The quantitative estimate of drug-likeness (QED) is 0.469. The predicted molar refractivity (Wildman–Crippen MR) is 38.0 cm³/mol. The van der Waals surface area contributed by atoms with E-state index >= 15 is 0 Å². The second kappa shape index (κ2) is 5.17. The van der Waals surface area contributed by atoms with Crippen molar-refractivity contribution in [2.45, 2.75) is 6.18 Å². The van der Waals surface area contributed by atoms with Crippen LogP contribution in [0.5, 0.6) is 0 Å². The van der Waals surface area contributed by atoms with Gasteiger partial charge in [-0.3, -0.25) is 4.98 Å². The number of halogens is 6. The van der Waals surface area contributed by atoms with Crippen molar-refractivity contribution in [3.8, 4) is 0 Å². The summed E-state index contributed by atoms with van der Waals surface area (Å²) in [4.78, 5) is 2.69. The molecule has 1 nitrogen and oxygen atoms in total. The van der Waals surface area contributed by atoms with E-state index in [1.54, 1.807) is 0 Å². The van der Waals surface area contributed by atoms with Gasteiger partial charge in [-0.05, 0) is 6.07 Å². The molecule has 0 aliphatic rings. The van der Waals surface area contributed by atoms with Crippen LogP contribution in [0.3, 0.4) is 0 Å². The van der Waals surface area contributed by atoms with Crippen LogP contribution in [0.25, 0.3) is 0 Å². The van der Waals surface area contributed by atoms with Gasteiger partial charge in [0.05, 0.1) is 0 Å². The van der Waals surface area contributed by atoms with Crippen LogP contribution in [0, 0.1) is 0 Å². The fourth-order valence-electron chi connectivity index (χ4n) is 0.919. The van der Waals surface area contributed by atoms with Gasteiger partial charge in [0.15, 0.2) is 0 Å². The fraction of sp³-hybridized carbons (Fsp3) is 0.167. The number of rotatable bonds is 1. The van der Waals surface area contributed by atoms with E-state index in [2.05, 4.69) is 4.98 Å². The van der Waals surface area contributed by atoms with Crippen LogP contribution >= 0.6 is 0 Å². The molecule has 0 N–H and O–H groups in total. The molecule has 0 aromatic carbocycles. The Hall–Kier alpha value is 0.431. The molecule has 0 aliphatic carbocycles. The number of nitrogens with zero attached hydrogens (tertiary/aromatic N) is 1. The fourth-order valence-corrected chi connectivity index (χ4v) is 0.919. The predicted octanol–water partition coefficient (Wildman–Crippen LogP) is -0.841. The van der Waals surface area contributed by atoms with E-state index in [1.807, 2.05) is 0 Å². The third-order valence-electron chi connectivity index (χ3n) is 1.46. The molecule has 15 heavy (non-hydrogen) atoms. The number of hydrogen-bond acceptors (Lipinski definition) is 1. The van der Waals surface area contributed by atoms with E-state index in [0.717, 1.165) is 6.07 Å². The summed E-state index contributed by atoms with van der Waals surface area (Å²) >= 11 is 0. The maximum Gasteiger partial charge on any atom is 1.00 e. The second-order valence-corrected chi connectivity index (χ2v) is 2.51. The van der Waals surface area contributed by atoms with Crippen LogP contribution in [-0.4, -0.2) is 12.0 Å². The average molecular weight is 253 g/mol. The van der Waals surface area contributed by atoms with Crippen LogP contribution in [0.4, 0.5) is 26.1 Å². The van der Waals surface area contributed by atoms with Crippen LogP contribution in [0.2, 0.25) is 0 Å². The minimum absolute atomic E-state index is 0. The molecule has 1 rings (SSSR count). The van der Waals surface area contributed by atoms with Gasteiger partial charge in [0.1, 0.15) is 5.69 Å². The van der Waals surface area contributed by atoms with Gasteiger partial charge < -0.3 is 12.9 Å². The molecule has 0 saturated carbocycles. The van der Waals surface area contributed by atoms with E-state index < -0.39 is 24.3 Å². The molecule has 0 fully saturated rings. The Bertz CT molecular complexity index is 302. The summed E-state index contributed by atoms with van der Waals surface area (Å²) in [5.74, 6) is 0. The van der Waals surface area contributed by atoms with Gasteiger partial charge in [0.2, 0.25) is 0 Å². The van der Waals surface area contributed by atoms with Crippen LogP contribution in [0.1, 0.15) is 5.69 Å². The molecular weight excluding hydrogens is 250 g/mol. The van der Waals surface area contributed by atoms with Crippen molar-refractivity contribution in [3.63, 3.8) is 0 Å². The van der Waals surface area contributed by atoms with Gasteiger partial charge in [-0.25, -0.2) is 0 Å². The molecular formula is C6H3BF6KN. The average Bonchev–Trinajstić information content (AvgIpc) is 2.01. The first-order chi connectivity index (χ1) is 6.23. The Morgan fingerprint density at radius 3 is 2.00 bits per heavy atom. The molecule has 0 radical (unpaired) electrons. The molecule has 0 aliphatic heterocycles. The zero-order valence-electron chi connectivity index (χ0n) is 7.52. The van der Waals surface area contributed by atoms with E-state index in [1.165, 1.54) is 0 Å². The second-order valence-electron chi connectivity index (χ2n) is 2.51. The molecule has 78 valence electrons. The summed E-state index contributed by atoms with van der Waals surface area (Å²) in [6.45, 7) is -5.68. The van der Waals surface area contributed by atoms with E-state index in [9.17, 15) is 26.1 Å². The van der Waals surface area contributed by atoms with Crippen molar-refractivity contribution in [2.75, 3.05) is 0 Å². The maximum absolute atomic E-state index is 12.1. The summed E-state index contributed by atoms with van der Waals surface area (Å²) in [6, 6.07) is 1.19. The van der Waals surface area contributed by atoms with Gasteiger partial charge in [-0.1, -0.05) is 11.5 Å².